The van der Waals surface area contributed by atoms with Gasteiger partial charge in [-0.2, -0.15) is 18.3 Å². The number of methoxy groups -OCH3 is 1. The first-order valence-electron chi connectivity index (χ1n) is 10.2. The van der Waals surface area contributed by atoms with Gasteiger partial charge in [-0.15, -0.1) is 0 Å². The lowest BCUT2D eigenvalue weighted by Crippen LogP contribution is -2.17. The molecular weight excluding hydrogens is 409 g/mol. The van der Waals surface area contributed by atoms with Crippen LogP contribution in [0.15, 0.2) is 30.3 Å². The lowest BCUT2D eigenvalue weighted by Gasteiger charge is -2.23. The molecule has 1 amide bonds. The Bertz CT molecular complexity index is 1120. The third-order valence-corrected chi connectivity index (χ3v) is 5.71. The predicted octanol–water partition coefficient (Wildman–Crippen LogP) is 5.52. The summed E-state index contributed by atoms with van der Waals surface area (Å²) in [5.41, 5.74) is 0.636. The second-order valence-electron chi connectivity index (χ2n) is 7.75. The number of aryl methyl sites for hydroxylation is 1. The summed E-state index contributed by atoms with van der Waals surface area (Å²) in [7, 11) is 1.46. The zero-order valence-electron chi connectivity index (χ0n) is 17.3. The highest BCUT2D eigenvalue weighted by Crippen LogP contribution is 2.35. The first kappa shape index (κ1) is 21.1. The van der Waals surface area contributed by atoms with Crippen LogP contribution in [0.2, 0.25) is 0 Å². The number of hydrogen-bond acceptors (Lipinski definition) is 4. The fourth-order valence-electron chi connectivity index (χ4n) is 4.11. The van der Waals surface area contributed by atoms with E-state index in [1.807, 2.05) is 11.6 Å². The second kappa shape index (κ2) is 8.20. The highest BCUT2D eigenvalue weighted by atomic mass is 19.4. The van der Waals surface area contributed by atoms with Crippen molar-refractivity contribution in [2.45, 2.75) is 51.2 Å². The Morgan fingerprint density at radius 2 is 1.94 bits per heavy atom. The van der Waals surface area contributed by atoms with Crippen molar-refractivity contribution in [1.29, 1.82) is 0 Å². The van der Waals surface area contributed by atoms with E-state index < -0.39 is 17.8 Å². The van der Waals surface area contributed by atoms with Crippen molar-refractivity contribution < 1.29 is 22.7 Å². The van der Waals surface area contributed by atoms with E-state index in [1.54, 1.807) is 12.1 Å². The fourth-order valence-corrected chi connectivity index (χ4v) is 4.11. The number of ether oxygens (including phenoxy) is 1. The lowest BCUT2D eigenvalue weighted by molar-refractivity contribution is -0.141. The minimum absolute atomic E-state index is 0.327. The number of nitrogens with one attached hydrogen (secondary N) is 1. The van der Waals surface area contributed by atoms with Gasteiger partial charge >= 0.3 is 6.18 Å². The van der Waals surface area contributed by atoms with Crippen molar-refractivity contribution >= 4 is 22.5 Å². The molecule has 2 heterocycles. The molecule has 4 rings (SSSR count). The minimum Gasteiger partial charge on any atom is -0.494 e. The van der Waals surface area contributed by atoms with Crippen molar-refractivity contribution in [1.82, 2.24) is 14.8 Å². The molecule has 2 aromatic heterocycles. The molecule has 1 aliphatic carbocycles. The van der Waals surface area contributed by atoms with E-state index in [0.29, 0.717) is 17.5 Å². The zero-order valence-corrected chi connectivity index (χ0v) is 17.3. The van der Waals surface area contributed by atoms with Gasteiger partial charge in [0, 0.05) is 17.1 Å². The highest BCUT2D eigenvalue weighted by Gasteiger charge is 2.33. The summed E-state index contributed by atoms with van der Waals surface area (Å²) in [6, 6.07) is 7.05. The second-order valence-corrected chi connectivity index (χ2v) is 7.75. The highest BCUT2D eigenvalue weighted by molar-refractivity contribution is 6.05. The molecule has 0 unspecified atom stereocenters. The van der Waals surface area contributed by atoms with Crippen molar-refractivity contribution in [2.24, 2.45) is 0 Å². The maximum atomic E-state index is 12.9. The van der Waals surface area contributed by atoms with Gasteiger partial charge in [0.2, 0.25) is 0 Å². The van der Waals surface area contributed by atoms with E-state index in [0.717, 1.165) is 41.6 Å². The smallest absolute Gasteiger partial charge is 0.433 e. The Morgan fingerprint density at radius 3 is 2.61 bits per heavy atom. The molecule has 1 aliphatic rings. The zero-order chi connectivity index (χ0) is 22.2. The molecule has 3 aromatic rings. The third-order valence-electron chi connectivity index (χ3n) is 5.71. The number of anilines is 1. The quantitative estimate of drug-likeness (QED) is 0.589. The number of nitrogens with zero attached hydrogens (tertiary/aromatic N) is 3. The molecule has 1 fully saturated rings. The molecule has 1 N–H and O–H groups in total. The van der Waals surface area contributed by atoms with E-state index in [9.17, 15) is 18.0 Å². The monoisotopic (exact) mass is 432 g/mol. The van der Waals surface area contributed by atoms with Gasteiger partial charge in [-0.3, -0.25) is 9.48 Å². The molecule has 0 radical (unpaired) electrons. The largest absolute Gasteiger partial charge is 0.494 e. The number of pyridine rings is 1. The van der Waals surface area contributed by atoms with Crippen LogP contribution in [-0.2, 0) is 6.18 Å². The number of hydrogen-bond donors (Lipinski definition) is 1. The van der Waals surface area contributed by atoms with Gasteiger partial charge < -0.3 is 10.1 Å². The fraction of sp³-hybridized carbons (Fsp3) is 0.409. The van der Waals surface area contributed by atoms with Crippen molar-refractivity contribution in [3.8, 4) is 5.75 Å². The average Bonchev–Trinajstić information content (AvgIpc) is 3.09. The van der Waals surface area contributed by atoms with Crippen molar-refractivity contribution in [2.75, 3.05) is 12.4 Å². The first-order chi connectivity index (χ1) is 14.8. The van der Waals surface area contributed by atoms with E-state index in [-0.39, 0.29) is 5.69 Å². The predicted molar refractivity (Wildman–Crippen MR) is 110 cm³/mol. The summed E-state index contributed by atoms with van der Waals surface area (Å²) in [4.78, 5) is 16.1. The average molecular weight is 432 g/mol. The number of halogens is 3. The Balaban J connectivity index is 1.67. The number of fused-ring (bicyclic) bond motifs is 1. The molecule has 0 atom stereocenters. The number of carbonyl (C=O) groups excluding carboxylic acids is 1. The maximum absolute atomic E-state index is 12.9. The minimum atomic E-state index is -4.63. The van der Waals surface area contributed by atoms with Crippen LogP contribution in [0.5, 0.6) is 5.75 Å². The maximum Gasteiger partial charge on any atom is 0.433 e. The van der Waals surface area contributed by atoms with E-state index in [4.69, 9.17) is 9.84 Å². The first-order valence-corrected chi connectivity index (χ1v) is 10.2. The molecule has 1 aromatic carbocycles. The van der Waals surface area contributed by atoms with Crippen LogP contribution in [-0.4, -0.2) is 27.8 Å². The van der Waals surface area contributed by atoms with Gasteiger partial charge in [0.25, 0.3) is 5.91 Å². The molecule has 1 saturated carbocycles. The van der Waals surface area contributed by atoms with Gasteiger partial charge in [0.05, 0.1) is 24.4 Å². The molecule has 31 heavy (non-hydrogen) atoms. The van der Waals surface area contributed by atoms with Crippen molar-refractivity contribution in [3.05, 3.63) is 47.4 Å². The number of amides is 1. The number of aromatic nitrogens is 3. The van der Waals surface area contributed by atoms with Crippen molar-refractivity contribution in [3.63, 3.8) is 0 Å². The number of carbonyl (C=O) groups is 1. The summed E-state index contributed by atoms with van der Waals surface area (Å²) in [5, 5.41) is 8.24. The van der Waals surface area contributed by atoms with E-state index >= 15 is 0 Å². The van der Waals surface area contributed by atoms with Gasteiger partial charge in [-0.25, -0.2) is 4.98 Å². The van der Waals surface area contributed by atoms with Crippen LogP contribution >= 0.6 is 0 Å². The molecule has 0 aliphatic heterocycles. The van der Waals surface area contributed by atoms with Crippen LogP contribution in [0.4, 0.5) is 18.9 Å². The van der Waals surface area contributed by atoms with E-state index in [2.05, 4.69) is 10.3 Å². The molecule has 9 heteroatoms. The topological polar surface area (TPSA) is 69.0 Å². The Kier molecular flexibility index (Phi) is 5.60. The summed E-state index contributed by atoms with van der Waals surface area (Å²) in [6.07, 6.45) is 1.12. The van der Waals surface area contributed by atoms with Gasteiger partial charge in [0.1, 0.15) is 17.1 Å². The van der Waals surface area contributed by atoms with Crippen LogP contribution in [0.3, 0.4) is 0 Å². The van der Waals surface area contributed by atoms with E-state index in [1.165, 1.54) is 32.4 Å². The standard InChI is InChI=1S/C22H23F3N4O2/c1-13-15-11-18(27-21(30)16-9-6-10-20(26-16)22(23,24)25)19(31-2)12-17(15)28-29(13)14-7-4-3-5-8-14/h6,9-12,14H,3-5,7-8H2,1-2H3,(H,27,30). The Labute approximate surface area is 177 Å². The van der Waals surface area contributed by atoms with Gasteiger partial charge in [-0.05, 0) is 38.0 Å². The SMILES string of the molecule is COc1cc2nn(C3CCCCC3)c(C)c2cc1NC(=O)c1cccc(C(F)(F)F)n1. The van der Waals surface area contributed by atoms with Crippen LogP contribution in [0, 0.1) is 6.92 Å². The molecule has 164 valence electrons. The summed E-state index contributed by atoms with van der Waals surface area (Å²) in [5.74, 6) is -0.373. The lowest BCUT2D eigenvalue weighted by atomic mass is 9.95. The molecule has 0 bridgehead atoms. The molecular formula is C22H23F3N4O2. The summed E-state index contributed by atoms with van der Waals surface area (Å²) in [6.45, 7) is 1.98. The molecule has 0 saturated heterocycles. The molecule has 0 spiro atoms. The normalized spacial score (nSPS) is 15.3. The molecule has 6 nitrogen and oxygen atoms in total. The number of alkyl halides is 3. The van der Waals surface area contributed by atoms with Gasteiger partial charge in [0.15, 0.2) is 0 Å². The summed E-state index contributed by atoms with van der Waals surface area (Å²) < 4.78 is 46.2. The van der Waals surface area contributed by atoms with Crippen LogP contribution in [0.1, 0.15) is 60.0 Å². The van der Waals surface area contributed by atoms with Crippen LogP contribution in [0.25, 0.3) is 10.9 Å². The third kappa shape index (κ3) is 4.22. The van der Waals surface area contributed by atoms with Gasteiger partial charge in [-0.1, -0.05) is 25.3 Å². The Hall–Kier alpha value is -3.10. The number of rotatable bonds is 4. The number of benzene rings is 1. The summed E-state index contributed by atoms with van der Waals surface area (Å²) >= 11 is 0. The van der Waals surface area contributed by atoms with Crippen LogP contribution < -0.4 is 10.1 Å². The Morgan fingerprint density at radius 1 is 1.19 bits per heavy atom.